The molecule has 0 aromatic heterocycles. The highest BCUT2D eigenvalue weighted by atomic mass is 19.1. The van der Waals surface area contributed by atoms with Gasteiger partial charge >= 0.3 is 0 Å². The number of carbonyl (C=O) groups excluding carboxylic acids is 1. The van der Waals surface area contributed by atoms with Crippen LogP contribution in [0.15, 0.2) is 18.2 Å². The van der Waals surface area contributed by atoms with E-state index in [1.807, 2.05) is 0 Å². The monoisotopic (exact) mass is 296 g/mol. The third-order valence-electron chi connectivity index (χ3n) is 3.16. The van der Waals surface area contributed by atoms with E-state index in [0.717, 1.165) is 19.4 Å². The Hall–Kier alpha value is -1.62. The van der Waals surface area contributed by atoms with Gasteiger partial charge in [0.1, 0.15) is 5.82 Å². The number of halogens is 1. The third kappa shape index (κ3) is 7.09. The Labute approximate surface area is 125 Å². The van der Waals surface area contributed by atoms with Crippen LogP contribution in [-0.2, 0) is 9.53 Å². The molecule has 0 bridgehead atoms. The van der Waals surface area contributed by atoms with Crippen LogP contribution < -0.4 is 11.1 Å². The van der Waals surface area contributed by atoms with Crippen molar-refractivity contribution in [3.05, 3.63) is 24.0 Å². The summed E-state index contributed by atoms with van der Waals surface area (Å²) in [7, 11) is 0. The zero-order chi connectivity index (χ0) is 15.7. The Balaban J connectivity index is 2.18. The molecule has 5 heteroatoms. The lowest BCUT2D eigenvalue weighted by atomic mass is 10.1. The fourth-order valence-corrected chi connectivity index (χ4v) is 2.04. The van der Waals surface area contributed by atoms with Gasteiger partial charge in [-0.1, -0.05) is 20.3 Å². The van der Waals surface area contributed by atoms with Gasteiger partial charge in [-0.15, -0.1) is 0 Å². The van der Waals surface area contributed by atoms with E-state index in [0.29, 0.717) is 31.1 Å². The van der Waals surface area contributed by atoms with Gasteiger partial charge in [0, 0.05) is 25.3 Å². The number of hydrogen-bond donors (Lipinski definition) is 2. The van der Waals surface area contributed by atoms with E-state index >= 15 is 0 Å². The van der Waals surface area contributed by atoms with Gasteiger partial charge in [0.2, 0.25) is 5.91 Å². The van der Waals surface area contributed by atoms with Crippen LogP contribution in [0.4, 0.5) is 15.8 Å². The molecule has 1 aromatic carbocycles. The lowest BCUT2D eigenvalue weighted by molar-refractivity contribution is -0.116. The minimum absolute atomic E-state index is 0.0287. The molecule has 0 aliphatic heterocycles. The predicted octanol–water partition coefficient (Wildman–Crippen LogP) is 3.58. The maximum Gasteiger partial charge on any atom is 0.224 e. The Bertz CT molecular complexity index is 452. The van der Waals surface area contributed by atoms with Crippen molar-refractivity contribution in [1.82, 2.24) is 0 Å². The van der Waals surface area contributed by atoms with Crippen LogP contribution in [-0.4, -0.2) is 19.1 Å². The van der Waals surface area contributed by atoms with Crippen LogP contribution in [0, 0.1) is 11.7 Å². The fourth-order valence-electron chi connectivity index (χ4n) is 2.04. The Morgan fingerprint density at radius 3 is 2.90 bits per heavy atom. The molecular formula is C16H25FN2O2. The molecule has 0 fully saturated rings. The summed E-state index contributed by atoms with van der Waals surface area (Å²) in [5.41, 5.74) is 5.98. The molecule has 0 spiro atoms. The SMILES string of the molecule is CCCC(C)COCCCC(=O)Nc1ccc(F)c(N)c1. The Morgan fingerprint density at radius 1 is 1.48 bits per heavy atom. The van der Waals surface area contributed by atoms with Crippen molar-refractivity contribution in [3.63, 3.8) is 0 Å². The zero-order valence-electron chi connectivity index (χ0n) is 12.8. The molecule has 118 valence electrons. The van der Waals surface area contributed by atoms with E-state index in [2.05, 4.69) is 19.2 Å². The van der Waals surface area contributed by atoms with Gasteiger partial charge in [-0.25, -0.2) is 4.39 Å². The summed E-state index contributed by atoms with van der Waals surface area (Å²) in [4.78, 5) is 11.7. The predicted molar refractivity (Wildman–Crippen MR) is 83.6 cm³/mol. The molecule has 3 N–H and O–H groups in total. The van der Waals surface area contributed by atoms with Gasteiger partial charge in [0.15, 0.2) is 0 Å². The van der Waals surface area contributed by atoms with Crippen LogP contribution >= 0.6 is 0 Å². The van der Waals surface area contributed by atoms with E-state index in [1.54, 1.807) is 0 Å². The number of ether oxygens (including phenoxy) is 1. The van der Waals surface area contributed by atoms with Crippen LogP contribution in [0.25, 0.3) is 0 Å². The molecule has 0 aliphatic rings. The lowest BCUT2D eigenvalue weighted by Gasteiger charge is -2.10. The Kier molecular flexibility index (Phi) is 7.75. The van der Waals surface area contributed by atoms with Gasteiger partial charge in [-0.3, -0.25) is 4.79 Å². The first-order chi connectivity index (χ1) is 10.0. The average Bonchev–Trinajstić information content (AvgIpc) is 2.43. The summed E-state index contributed by atoms with van der Waals surface area (Å²) in [5, 5.41) is 2.69. The molecule has 1 aromatic rings. The molecule has 0 heterocycles. The molecule has 0 radical (unpaired) electrons. The van der Waals surface area contributed by atoms with Crippen molar-refractivity contribution in [1.29, 1.82) is 0 Å². The maximum absolute atomic E-state index is 13.0. The molecule has 4 nitrogen and oxygen atoms in total. The quantitative estimate of drug-likeness (QED) is 0.541. The average molecular weight is 296 g/mol. The largest absolute Gasteiger partial charge is 0.396 e. The van der Waals surface area contributed by atoms with Crippen molar-refractivity contribution >= 4 is 17.3 Å². The summed E-state index contributed by atoms with van der Waals surface area (Å²) in [6, 6.07) is 4.14. The molecule has 1 rings (SSSR count). The van der Waals surface area contributed by atoms with Gasteiger partial charge in [-0.2, -0.15) is 0 Å². The lowest BCUT2D eigenvalue weighted by Crippen LogP contribution is -2.13. The summed E-state index contributed by atoms with van der Waals surface area (Å²) in [6.07, 6.45) is 3.36. The van der Waals surface area contributed by atoms with Crippen LogP contribution in [0.3, 0.4) is 0 Å². The Morgan fingerprint density at radius 2 is 2.24 bits per heavy atom. The highest BCUT2D eigenvalue weighted by molar-refractivity contribution is 5.91. The molecule has 0 saturated carbocycles. The number of anilines is 2. The maximum atomic E-state index is 13.0. The summed E-state index contributed by atoms with van der Waals surface area (Å²) in [5.74, 6) is -0.0418. The summed E-state index contributed by atoms with van der Waals surface area (Å²) < 4.78 is 18.5. The molecule has 1 amide bonds. The molecule has 1 atom stereocenters. The number of amides is 1. The first kappa shape index (κ1) is 17.4. The first-order valence-corrected chi connectivity index (χ1v) is 7.45. The number of nitrogens with two attached hydrogens (primary N) is 1. The van der Waals surface area contributed by atoms with Gasteiger partial charge < -0.3 is 15.8 Å². The second-order valence-corrected chi connectivity index (χ2v) is 5.36. The minimum atomic E-state index is -0.484. The topological polar surface area (TPSA) is 64.3 Å². The highest BCUT2D eigenvalue weighted by Crippen LogP contribution is 2.16. The number of hydrogen-bond acceptors (Lipinski definition) is 3. The summed E-state index contributed by atoms with van der Waals surface area (Å²) >= 11 is 0. The van der Waals surface area contributed by atoms with Gasteiger partial charge in [0.05, 0.1) is 5.69 Å². The number of nitrogens with one attached hydrogen (secondary N) is 1. The van der Waals surface area contributed by atoms with E-state index in [1.165, 1.54) is 18.2 Å². The molecular weight excluding hydrogens is 271 g/mol. The number of benzene rings is 1. The number of nitrogen functional groups attached to an aromatic ring is 1. The highest BCUT2D eigenvalue weighted by Gasteiger charge is 2.05. The third-order valence-corrected chi connectivity index (χ3v) is 3.16. The molecule has 0 saturated heterocycles. The van der Waals surface area contributed by atoms with Crippen molar-refractivity contribution < 1.29 is 13.9 Å². The van der Waals surface area contributed by atoms with Crippen LogP contribution in [0.5, 0.6) is 0 Å². The van der Waals surface area contributed by atoms with Crippen molar-refractivity contribution in [3.8, 4) is 0 Å². The summed E-state index contributed by atoms with van der Waals surface area (Å²) in [6.45, 7) is 5.63. The van der Waals surface area contributed by atoms with Gasteiger partial charge in [-0.05, 0) is 37.0 Å². The van der Waals surface area contributed by atoms with Crippen molar-refractivity contribution in [2.24, 2.45) is 5.92 Å². The standard InChI is InChI=1S/C16H25FN2O2/c1-3-5-12(2)11-21-9-4-6-16(20)19-13-7-8-14(17)15(18)10-13/h7-8,10,12H,3-6,9,11,18H2,1-2H3,(H,19,20). The fraction of sp³-hybridized carbons (Fsp3) is 0.562. The van der Waals surface area contributed by atoms with Gasteiger partial charge in [0.25, 0.3) is 0 Å². The first-order valence-electron chi connectivity index (χ1n) is 7.45. The van der Waals surface area contributed by atoms with E-state index < -0.39 is 5.82 Å². The second kappa shape index (κ2) is 9.34. The smallest absolute Gasteiger partial charge is 0.224 e. The molecule has 1 unspecified atom stereocenters. The minimum Gasteiger partial charge on any atom is -0.396 e. The van der Waals surface area contributed by atoms with E-state index in [9.17, 15) is 9.18 Å². The van der Waals surface area contributed by atoms with Crippen molar-refractivity contribution in [2.75, 3.05) is 24.3 Å². The number of rotatable bonds is 9. The van der Waals surface area contributed by atoms with Crippen LogP contribution in [0.1, 0.15) is 39.5 Å². The van der Waals surface area contributed by atoms with Crippen LogP contribution in [0.2, 0.25) is 0 Å². The zero-order valence-corrected chi connectivity index (χ0v) is 12.8. The van der Waals surface area contributed by atoms with E-state index in [-0.39, 0.29) is 11.6 Å². The molecule has 21 heavy (non-hydrogen) atoms. The number of carbonyl (C=O) groups is 1. The van der Waals surface area contributed by atoms with E-state index in [4.69, 9.17) is 10.5 Å². The normalized spacial score (nSPS) is 12.1. The van der Waals surface area contributed by atoms with Crippen molar-refractivity contribution in [2.45, 2.75) is 39.5 Å². The molecule has 0 aliphatic carbocycles. The second-order valence-electron chi connectivity index (χ2n) is 5.36.